The van der Waals surface area contributed by atoms with Crippen LogP contribution in [0.1, 0.15) is 19.3 Å². The monoisotopic (exact) mass is 450 g/mol. The molecule has 11 heteroatoms. The summed E-state index contributed by atoms with van der Waals surface area (Å²) < 4.78 is 20.3. The molecule has 1 aliphatic rings. The van der Waals surface area contributed by atoms with Gasteiger partial charge in [-0.15, -0.1) is 0 Å². The fraction of sp³-hybridized carbons (Fsp3) is 0.429. The van der Waals surface area contributed by atoms with Crippen LogP contribution in [-0.4, -0.2) is 63.3 Å². The first-order valence-electron chi connectivity index (χ1n) is 10.1. The van der Waals surface area contributed by atoms with Crippen molar-refractivity contribution in [2.45, 2.75) is 38.0 Å². The summed E-state index contributed by atoms with van der Waals surface area (Å²) >= 11 is 0. The number of aromatic nitrogens is 2. The Kier molecular flexibility index (Phi) is 10.1. The van der Waals surface area contributed by atoms with E-state index in [0.29, 0.717) is 19.4 Å². The van der Waals surface area contributed by atoms with Crippen LogP contribution in [-0.2, 0) is 20.9 Å². The molecule has 1 saturated carbocycles. The van der Waals surface area contributed by atoms with E-state index in [1.165, 1.54) is 18.2 Å². The molecule has 0 radical (unpaired) electrons. The molecule has 174 valence electrons. The van der Waals surface area contributed by atoms with Crippen molar-refractivity contribution >= 4 is 18.3 Å². The molecule has 32 heavy (non-hydrogen) atoms. The standard InChI is InChI=1S/C20H25FN4O4.CH2O2/c21-15-3-1-4-16(11-15)29-12-19(27)24-17-9-14(10-18(17)26)20(28)23-5-2-7-25-8-6-22-13-25;2-1-3/h1,3-4,6,8,11,13-14,17-18,26H,2,5,7,9-10,12H2,(H,23,28)(H,24,27);1H,(H,2,3)/t14-,17+,18+;/m0./s1. The van der Waals surface area contributed by atoms with Gasteiger partial charge in [-0.25, -0.2) is 9.37 Å². The molecule has 0 aliphatic heterocycles. The SMILES string of the molecule is O=C(COc1cccc(F)c1)N[C@@H]1C[C@H](C(=O)NCCCn2ccnc2)C[C@H]1O.O=CO. The third kappa shape index (κ3) is 8.34. The lowest BCUT2D eigenvalue weighted by molar-refractivity contribution is -0.126. The highest BCUT2D eigenvalue weighted by Crippen LogP contribution is 2.26. The molecule has 2 aromatic rings. The first kappa shape index (κ1) is 24.8. The van der Waals surface area contributed by atoms with Gasteiger partial charge < -0.3 is 30.2 Å². The van der Waals surface area contributed by atoms with Gasteiger partial charge in [-0.05, 0) is 31.4 Å². The van der Waals surface area contributed by atoms with Gasteiger partial charge in [-0.3, -0.25) is 14.4 Å². The van der Waals surface area contributed by atoms with Crippen molar-refractivity contribution in [3.63, 3.8) is 0 Å². The van der Waals surface area contributed by atoms with Crippen LogP contribution in [0.5, 0.6) is 5.75 Å². The molecule has 1 fully saturated rings. The molecule has 0 saturated heterocycles. The van der Waals surface area contributed by atoms with Crippen molar-refractivity contribution in [2.75, 3.05) is 13.2 Å². The fourth-order valence-corrected chi connectivity index (χ4v) is 3.38. The van der Waals surface area contributed by atoms with Crippen molar-refractivity contribution in [3.8, 4) is 5.75 Å². The summed E-state index contributed by atoms with van der Waals surface area (Å²) in [5.74, 6) is -1.11. The van der Waals surface area contributed by atoms with Crippen molar-refractivity contribution in [3.05, 3.63) is 48.8 Å². The molecule has 1 heterocycles. The van der Waals surface area contributed by atoms with E-state index in [0.717, 1.165) is 13.0 Å². The van der Waals surface area contributed by atoms with E-state index < -0.39 is 23.9 Å². The second kappa shape index (κ2) is 13.1. The largest absolute Gasteiger partial charge is 0.484 e. The Morgan fingerprint density at radius 2 is 2.12 bits per heavy atom. The number of nitrogens with one attached hydrogen (secondary N) is 2. The number of halogens is 1. The number of aliphatic hydroxyl groups is 1. The summed E-state index contributed by atoms with van der Waals surface area (Å²) in [6, 6.07) is 4.99. The highest BCUT2D eigenvalue weighted by molar-refractivity contribution is 5.80. The maximum atomic E-state index is 13.1. The Bertz CT molecular complexity index is 864. The Morgan fingerprint density at radius 1 is 1.34 bits per heavy atom. The summed E-state index contributed by atoms with van der Waals surface area (Å²) in [4.78, 5) is 36.7. The fourth-order valence-electron chi connectivity index (χ4n) is 3.38. The number of carbonyl (C=O) groups excluding carboxylic acids is 2. The summed E-state index contributed by atoms with van der Waals surface area (Å²) in [6.45, 7) is 0.747. The van der Waals surface area contributed by atoms with Crippen LogP contribution < -0.4 is 15.4 Å². The van der Waals surface area contributed by atoms with Crippen LogP contribution in [0.2, 0.25) is 0 Å². The van der Waals surface area contributed by atoms with E-state index in [9.17, 15) is 19.1 Å². The predicted octanol–water partition coefficient (Wildman–Crippen LogP) is 0.564. The van der Waals surface area contributed by atoms with E-state index in [2.05, 4.69) is 15.6 Å². The Balaban J connectivity index is 0.00000114. The van der Waals surface area contributed by atoms with Gasteiger partial charge in [0, 0.05) is 37.5 Å². The third-order valence-corrected chi connectivity index (χ3v) is 4.86. The summed E-state index contributed by atoms with van der Waals surface area (Å²) in [5, 5.41) is 22.6. The number of ether oxygens (including phenoxy) is 1. The van der Waals surface area contributed by atoms with Gasteiger partial charge in [0.15, 0.2) is 6.61 Å². The molecule has 3 atom stereocenters. The number of rotatable bonds is 9. The number of aryl methyl sites for hydroxylation is 1. The normalized spacial score (nSPS) is 19.4. The van der Waals surface area contributed by atoms with E-state index in [-0.39, 0.29) is 30.7 Å². The molecule has 1 aliphatic carbocycles. The zero-order chi connectivity index (χ0) is 23.3. The average Bonchev–Trinajstić information content (AvgIpc) is 3.40. The molecular formula is C21H27FN4O6. The second-order valence-electron chi connectivity index (χ2n) is 7.21. The number of hydrogen-bond acceptors (Lipinski definition) is 6. The summed E-state index contributed by atoms with van der Waals surface area (Å²) in [6.07, 6.45) is 5.92. The number of nitrogens with zero attached hydrogens (tertiary/aromatic N) is 2. The minimum absolute atomic E-state index is 0.123. The zero-order valence-corrected chi connectivity index (χ0v) is 17.4. The lowest BCUT2D eigenvalue weighted by atomic mass is 10.1. The first-order chi connectivity index (χ1) is 15.4. The predicted molar refractivity (Wildman–Crippen MR) is 111 cm³/mol. The molecule has 4 N–H and O–H groups in total. The van der Waals surface area contributed by atoms with E-state index >= 15 is 0 Å². The van der Waals surface area contributed by atoms with E-state index in [4.69, 9.17) is 14.6 Å². The van der Waals surface area contributed by atoms with Crippen molar-refractivity contribution < 1.29 is 33.7 Å². The number of carboxylic acid groups (broad SMARTS) is 1. The van der Waals surface area contributed by atoms with Gasteiger partial charge in [0.05, 0.1) is 18.5 Å². The Hall–Kier alpha value is -3.47. The molecule has 1 aromatic heterocycles. The van der Waals surface area contributed by atoms with Gasteiger partial charge in [0.2, 0.25) is 5.91 Å². The lowest BCUT2D eigenvalue weighted by Gasteiger charge is -2.16. The van der Waals surface area contributed by atoms with Crippen LogP contribution in [0.25, 0.3) is 0 Å². The Labute approximate surface area is 184 Å². The number of hydrogen-bond donors (Lipinski definition) is 4. The van der Waals surface area contributed by atoms with E-state index in [1.54, 1.807) is 18.6 Å². The van der Waals surface area contributed by atoms with Gasteiger partial charge in [-0.1, -0.05) is 6.07 Å². The topological polar surface area (TPSA) is 143 Å². The van der Waals surface area contributed by atoms with Crippen LogP contribution in [0.15, 0.2) is 43.0 Å². The van der Waals surface area contributed by atoms with Crippen molar-refractivity contribution in [1.82, 2.24) is 20.2 Å². The minimum Gasteiger partial charge on any atom is -0.484 e. The van der Waals surface area contributed by atoms with Crippen molar-refractivity contribution in [2.24, 2.45) is 5.92 Å². The van der Waals surface area contributed by atoms with Crippen molar-refractivity contribution in [1.29, 1.82) is 0 Å². The highest BCUT2D eigenvalue weighted by atomic mass is 19.1. The maximum absolute atomic E-state index is 13.1. The smallest absolute Gasteiger partial charge is 0.290 e. The average molecular weight is 450 g/mol. The van der Waals surface area contributed by atoms with Crippen LogP contribution in [0.4, 0.5) is 4.39 Å². The van der Waals surface area contributed by atoms with Crippen LogP contribution in [0, 0.1) is 11.7 Å². The quantitative estimate of drug-likeness (QED) is 0.323. The second-order valence-corrected chi connectivity index (χ2v) is 7.21. The number of imidazole rings is 1. The van der Waals surface area contributed by atoms with E-state index in [1.807, 2.05) is 10.8 Å². The lowest BCUT2D eigenvalue weighted by Crippen LogP contribution is -2.42. The third-order valence-electron chi connectivity index (χ3n) is 4.86. The number of amides is 2. The number of carbonyl (C=O) groups is 3. The van der Waals surface area contributed by atoms with Gasteiger partial charge in [0.1, 0.15) is 11.6 Å². The Morgan fingerprint density at radius 3 is 2.81 bits per heavy atom. The van der Waals surface area contributed by atoms with Gasteiger partial charge in [0.25, 0.3) is 12.4 Å². The summed E-state index contributed by atoms with van der Waals surface area (Å²) in [7, 11) is 0. The van der Waals surface area contributed by atoms with Gasteiger partial charge in [-0.2, -0.15) is 0 Å². The maximum Gasteiger partial charge on any atom is 0.290 e. The molecule has 0 bridgehead atoms. The van der Waals surface area contributed by atoms with Gasteiger partial charge >= 0.3 is 0 Å². The number of benzene rings is 1. The molecule has 0 unspecified atom stereocenters. The molecule has 2 amide bonds. The van der Waals surface area contributed by atoms with Crippen LogP contribution in [0.3, 0.4) is 0 Å². The molecule has 1 aromatic carbocycles. The molecular weight excluding hydrogens is 423 g/mol. The number of aliphatic hydroxyl groups excluding tert-OH is 1. The zero-order valence-electron chi connectivity index (χ0n) is 17.4. The van der Waals surface area contributed by atoms with Crippen LogP contribution >= 0.6 is 0 Å². The summed E-state index contributed by atoms with van der Waals surface area (Å²) in [5.41, 5.74) is 0. The molecule has 0 spiro atoms. The highest BCUT2D eigenvalue weighted by Gasteiger charge is 2.37. The molecule has 3 rings (SSSR count). The first-order valence-corrected chi connectivity index (χ1v) is 10.1. The minimum atomic E-state index is -0.796. The molecule has 10 nitrogen and oxygen atoms in total.